The first-order valence-corrected chi connectivity index (χ1v) is 14.3. The largest absolute Gasteiger partial charge is 0.462 e. The van der Waals surface area contributed by atoms with Gasteiger partial charge in [0.25, 0.3) is 5.56 Å². The number of esters is 1. The van der Waals surface area contributed by atoms with Crippen LogP contribution in [0.25, 0.3) is 0 Å². The summed E-state index contributed by atoms with van der Waals surface area (Å²) in [4.78, 5) is 38.2. The average Bonchev–Trinajstić information content (AvgIpc) is 2.87. The number of rotatable bonds is 15. The van der Waals surface area contributed by atoms with Crippen LogP contribution in [0.2, 0.25) is 0 Å². The van der Waals surface area contributed by atoms with E-state index in [0.29, 0.717) is 12.2 Å². The number of benzene rings is 1. The fraction of sp³-hybridized carbons (Fsp3) is 0.458. The number of aliphatic hydroxyl groups is 2. The third-order valence-corrected chi connectivity index (χ3v) is 7.33. The van der Waals surface area contributed by atoms with Crippen LogP contribution >= 0.6 is 6.64 Å². The van der Waals surface area contributed by atoms with Crippen molar-refractivity contribution in [1.82, 2.24) is 14.6 Å². The van der Waals surface area contributed by atoms with Gasteiger partial charge in [-0.25, -0.2) is 9.88 Å². The van der Waals surface area contributed by atoms with Crippen LogP contribution in [0.3, 0.4) is 0 Å². The maximum Gasteiger partial charge on any atom is 0.330 e. The van der Waals surface area contributed by atoms with Crippen LogP contribution < -0.4 is 20.9 Å². The minimum Gasteiger partial charge on any atom is -0.462 e. The van der Waals surface area contributed by atoms with Gasteiger partial charge in [-0.15, -0.1) is 6.42 Å². The van der Waals surface area contributed by atoms with Crippen LogP contribution in [-0.2, 0) is 30.6 Å². The maximum atomic E-state index is 12.6. The zero-order valence-electron chi connectivity index (χ0n) is 21.2. The van der Waals surface area contributed by atoms with Crippen LogP contribution in [0.1, 0.15) is 33.4 Å². The molecule has 5 atom stereocenters. The Morgan fingerprint density at radius 1 is 1.26 bits per heavy atom. The minimum absolute atomic E-state index is 0.306. The summed E-state index contributed by atoms with van der Waals surface area (Å²) in [5.74, 6) is 1.92. The number of aromatic amines is 1. The Labute approximate surface area is 225 Å². The number of ether oxygens (including phenoxy) is 2. The van der Waals surface area contributed by atoms with Crippen LogP contribution in [0, 0.1) is 12.3 Å². The van der Waals surface area contributed by atoms with E-state index in [4.69, 9.17) is 36.8 Å². The molecular formula is C24H32N3O9PS. The van der Waals surface area contributed by atoms with Gasteiger partial charge >= 0.3 is 18.3 Å². The second-order valence-electron chi connectivity index (χ2n) is 8.21. The van der Waals surface area contributed by atoms with E-state index in [1.54, 1.807) is 51.1 Å². The summed E-state index contributed by atoms with van der Waals surface area (Å²) in [5, 5.41) is 23.2. The number of para-hydroxylation sites is 1. The smallest absolute Gasteiger partial charge is 0.330 e. The molecular weight excluding hydrogens is 537 g/mol. The summed E-state index contributed by atoms with van der Waals surface area (Å²) in [6, 6.07) is 8.72. The van der Waals surface area contributed by atoms with Crippen molar-refractivity contribution in [3.63, 3.8) is 0 Å². The third-order valence-electron chi connectivity index (χ3n) is 4.91. The number of carbonyl (C=O) groups excluding carboxylic acids is 1. The number of terminal acetylenes is 1. The van der Waals surface area contributed by atoms with Gasteiger partial charge in [-0.2, -0.15) is 0 Å². The van der Waals surface area contributed by atoms with Gasteiger partial charge in [0.2, 0.25) is 0 Å². The Hall–Kier alpha value is -2.82. The van der Waals surface area contributed by atoms with Crippen LogP contribution in [0.15, 0.2) is 52.2 Å². The number of aliphatic hydroxyl groups excluding tert-OH is 2. The maximum absolute atomic E-state index is 12.6. The lowest BCUT2D eigenvalue weighted by Crippen LogP contribution is -2.41. The first-order chi connectivity index (χ1) is 18.0. The number of nitrogens with zero attached hydrogens (tertiary/aromatic N) is 1. The highest BCUT2D eigenvalue weighted by atomic mass is 32.5. The number of nitrogens with one attached hydrogen (secondary N) is 2. The second-order valence-corrected chi connectivity index (χ2v) is 11.3. The van der Waals surface area contributed by atoms with E-state index in [0.717, 1.165) is 16.8 Å². The second kappa shape index (κ2) is 14.9. The van der Waals surface area contributed by atoms with Crippen molar-refractivity contribution < 1.29 is 33.5 Å². The normalized spacial score (nSPS) is 16.0. The van der Waals surface area contributed by atoms with Gasteiger partial charge in [0, 0.05) is 12.3 Å². The number of carbonyl (C=O) groups is 1. The van der Waals surface area contributed by atoms with Crippen LogP contribution in [-0.4, -0.2) is 63.3 Å². The van der Waals surface area contributed by atoms with Gasteiger partial charge in [0.1, 0.15) is 24.0 Å². The summed E-state index contributed by atoms with van der Waals surface area (Å²) in [5.41, 5.74) is -1.49. The van der Waals surface area contributed by atoms with Gasteiger partial charge in [-0.3, -0.25) is 19.1 Å². The number of aromatic nitrogens is 2. The van der Waals surface area contributed by atoms with Crippen molar-refractivity contribution in [2.45, 2.75) is 57.8 Å². The summed E-state index contributed by atoms with van der Waals surface area (Å²) in [6.07, 6.45) is 2.28. The lowest BCUT2D eigenvalue weighted by molar-refractivity contribution is -0.149. The molecule has 0 radical (unpaired) electrons. The highest BCUT2D eigenvalue weighted by molar-refractivity contribution is 8.09. The van der Waals surface area contributed by atoms with E-state index in [1.807, 2.05) is 4.98 Å². The lowest BCUT2D eigenvalue weighted by Gasteiger charge is -2.31. The quantitative estimate of drug-likeness (QED) is 0.138. The Morgan fingerprint density at radius 3 is 2.50 bits per heavy atom. The van der Waals surface area contributed by atoms with E-state index >= 15 is 0 Å². The molecule has 0 fully saturated rings. The topological polar surface area (TPSA) is 161 Å². The molecule has 2 rings (SSSR count). The molecule has 0 aliphatic carbocycles. The molecule has 0 aliphatic heterocycles. The summed E-state index contributed by atoms with van der Waals surface area (Å²) < 4.78 is 23.8. The van der Waals surface area contributed by atoms with Gasteiger partial charge in [-0.05, 0) is 44.2 Å². The molecule has 38 heavy (non-hydrogen) atoms. The van der Waals surface area contributed by atoms with Crippen molar-refractivity contribution in [2.75, 3.05) is 13.2 Å². The Bertz CT molecular complexity index is 1240. The molecule has 2 aromatic rings. The molecule has 0 spiro atoms. The molecule has 1 aromatic heterocycles. The van der Waals surface area contributed by atoms with E-state index in [2.05, 4.69) is 11.0 Å². The first-order valence-electron chi connectivity index (χ1n) is 11.7. The number of hydrogen-bond acceptors (Lipinski definition) is 10. The molecule has 0 saturated carbocycles. The van der Waals surface area contributed by atoms with Gasteiger partial charge in [0.15, 0.2) is 6.23 Å². The number of H-pyrrole nitrogens is 1. The summed E-state index contributed by atoms with van der Waals surface area (Å²) in [7, 11) is 0. The monoisotopic (exact) mass is 569 g/mol. The molecule has 14 heteroatoms. The van der Waals surface area contributed by atoms with Gasteiger partial charge in [0.05, 0.1) is 19.3 Å². The molecule has 1 unspecified atom stereocenters. The molecule has 208 valence electrons. The van der Waals surface area contributed by atoms with Gasteiger partial charge in [-0.1, -0.05) is 31.0 Å². The lowest BCUT2D eigenvalue weighted by atomic mass is 10.2. The SMILES string of the molecule is C#C[C@H](O)[C@@H](COP(=S)(N[C@@H](CC)C(=O)OC(C)C)Oc1ccccc1)O[C@H](CO)n1ccc(=O)[nH]c1=O. The molecule has 1 aromatic carbocycles. The van der Waals surface area contributed by atoms with Gasteiger partial charge < -0.3 is 28.7 Å². The predicted molar refractivity (Wildman–Crippen MR) is 143 cm³/mol. The molecule has 0 bridgehead atoms. The molecule has 0 amide bonds. The Morgan fingerprint density at radius 2 is 1.95 bits per heavy atom. The van der Waals surface area contributed by atoms with E-state index in [1.165, 1.54) is 0 Å². The molecule has 0 saturated heterocycles. The standard InChI is InChI=1S/C24H32N3O9PS/c1-5-18(23(31)34-16(3)4)26-37(38,36-17-10-8-7-9-11-17)33-15-20(19(29)6-2)35-22(14-28)27-13-12-21(30)25-24(27)32/h2,7-13,16,18-20,22,28-29H,5,14-15H2,1,3-4H3,(H,26,38)(H,25,30,32)/t18-,19-,20+,22+,37?/m0/s1. The minimum atomic E-state index is -3.51. The van der Waals surface area contributed by atoms with Crippen molar-refractivity contribution in [3.8, 4) is 18.1 Å². The highest BCUT2D eigenvalue weighted by Crippen LogP contribution is 2.46. The van der Waals surface area contributed by atoms with Crippen molar-refractivity contribution in [2.24, 2.45) is 0 Å². The molecule has 0 aliphatic rings. The van der Waals surface area contributed by atoms with E-state index in [-0.39, 0.29) is 6.10 Å². The first kappa shape index (κ1) is 31.4. The predicted octanol–water partition coefficient (Wildman–Crippen LogP) is 1.05. The summed E-state index contributed by atoms with van der Waals surface area (Å²) >= 11 is 5.69. The van der Waals surface area contributed by atoms with Crippen LogP contribution in [0.4, 0.5) is 0 Å². The Balaban J connectivity index is 2.31. The van der Waals surface area contributed by atoms with Crippen LogP contribution in [0.5, 0.6) is 5.75 Å². The highest BCUT2D eigenvalue weighted by Gasteiger charge is 2.33. The fourth-order valence-electron chi connectivity index (χ4n) is 3.06. The Kier molecular flexibility index (Phi) is 12.3. The third kappa shape index (κ3) is 9.49. The molecule has 4 N–H and O–H groups in total. The van der Waals surface area contributed by atoms with Crippen molar-refractivity contribution in [3.05, 3.63) is 63.4 Å². The van der Waals surface area contributed by atoms with Crippen molar-refractivity contribution >= 4 is 24.4 Å². The zero-order valence-corrected chi connectivity index (χ0v) is 22.9. The van der Waals surface area contributed by atoms with Crippen molar-refractivity contribution in [1.29, 1.82) is 0 Å². The molecule has 1 heterocycles. The van der Waals surface area contributed by atoms with E-state index in [9.17, 15) is 24.6 Å². The fourth-order valence-corrected chi connectivity index (χ4v) is 5.48. The average molecular weight is 570 g/mol. The number of hydrogen-bond donors (Lipinski definition) is 4. The zero-order chi connectivity index (χ0) is 28.3. The van der Waals surface area contributed by atoms with E-state index < -0.39 is 61.6 Å². The molecule has 12 nitrogen and oxygen atoms in total. The summed E-state index contributed by atoms with van der Waals surface area (Å²) in [6.45, 7) is 0.517.